The monoisotopic (exact) mass is 286 g/mol. The number of aromatic nitrogens is 1. The molecule has 3 rings (SSSR count). The summed E-state index contributed by atoms with van der Waals surface area (Å²) in [5.41, 5.74) is 1.12. The molecule has 21 heavy (non-hydrogen) atoms. The van der Waals surface area contributed by atoms with Crippen LogP contribution in [0.25, 0.3) is 0 Å². The number of hydrogen-bond donors (Lipinski definition) is 2. The second-order valence-electron chi connectivity index (χ2n) is 5.39. The van der Waals surface area contributed by atoms with Crippen LogP contribution in [0.1, 0.15) is 41.6 Å². The molecule has 2 saturated heterocycles. The molecule has 110 valence electrons. The number of amides is 1. The zero-order valence-corrected chi connectivity index (χ0v) is 11.7. The number of nitrogens with zero attached hydrogens (tertiary/aromatic N) is 1. The van der Waals surface area contributed by atoms with Gasteiger partial charge < -0.3 is 15.2 Å². The molecule has 5 heteroatoms. The molecule has 3 atom stereocenters. The maximum atomic E-state index is 12.4. The van der Waals surface area contributed by atoms with Crippen molar-refractivity contribution in [3.63, 3.8) is 0 Å². The fourth-order valence-corrected chi connectivity index (χ4v) is 2.94. The highest BCUT2D eigenvalue weighted by Crippen LogP contribution is 2.34. The number of aliphatic hydroxyl groups is 1. The first-order valence-electron chi connectivity index (χ1n) is 7.28. The normalized spacial score (nSPS) is 26.2. The Balaban J connectivity index is 1.71. The fourth-order valence-electron chi connectivity index (χ4n) is 2.94. The molecule has 0 aromatic carbocycles. The number of aliphatic hydroxyl groups excluding tert-OH is 1. The van der Waals surface area contributed by atoms with Crippen molar-refractivity contribution < 1.29 is 14.6 Å². The van der Waals surface area contributed by atoms with Gasteiger partial charge in [0.25, 0.3) is 5.91 Å². The van der Waals surface area contributed by atoms with Gasteiger partial charge in [-0.3, -0.25) is 9.78 Å². The zero-order chi connectivity index (χ0) is 14.7. The largest absolute Gasteiger partial charge is 0.395 e. The lowest BCUT2D eigenvalue weighted by Gasteiger charge is -2.20. The Hall–Kier alpha value is -1.90. The number of hydrogen-bond acceptors (Lipinski definition) is 4. The van der Waals surface area contributed by atoms with E-state index in [0.717, 1.165) is 19.3 Å². The van der Waals surface area contributed by atoms with Gasteiger partial charge in [-0.2, -0.15) is 0 Å². The van der Waals surface area contributed by atoms with E-state index in [9.17, 15) is 4.79 Å². The van der Waals surface area contributed by atoms with E-state index in [-0.39, 0.29) is 24.7 Å². The van der Waals surface area contributed by atoms with Gasteiger partial charge in [-0.25, -0.2) is 0 Å². The smallest absolute Gasteiger partial charge is 0.252 e. The van der Waals surface area contributed by atoms with Gasteiger partial charge in [0.05, 0.1) is 36.0 Å². The van der Waals surface area contributed by atoms with Crippen LogP contribution < -0.4 is 5.32 Å². The molecule has 1 aromatic heterocycles. The minimum absolute atomic E-state index is 0.0112. The standard InChI is InChI=1S/C16H18N2O3/c19-8-2-1-3-11-10-17-7-6-13(11)16(20)18-14-9-12-4-5-15(14)21-12/h6-7,10,12,14-15,19H,2,4-5,8-9H2,(H,18,20). The molecule has 2 N–H and O–H groups in total. The summed E-state index contributed by atoms with van der Waals surface area (Å²) in [5.74, 6) is 5.58. The van der Waals surface area contributed by atoms with Crippen LogP contribution in [0.15, 0.2) is 18.5 Å². The highest BCUT2D eigenvalue weighted by atomic mass is 16.5. The van der Waals surface area contributed by atoms with Crippen molar-refractivity contribution in [2.75, 3.05) is 6.61 Å². The third-order valence-electron chi connectivity index (χ3n) is 3.95. The van der Waals surface area contributed by atoms with E-state index in [2.05, 4.69) is 22.1 Å². The molecule has 5 nitrogen and oxygen atoms in total. The quantitative estimate of drug-likeness (QED) is 0.809. The average molecular weight is 286 g/mol. The SMILES string of the molecule is O=C(NC1CC2CCC1O2)c1ccncc1C#CCCO. The number of nitrogens with one attached hydrogen (secondary N) is 1. The molecule has 3 heterocycles. The van der Waals surface area contributed by atoms with Crippen LogP contribution in [-0.4, -0.2) is 40.9 Å². The predicted molar refractivity (Wildman–Crippen MR) is 76.6 cm³/mol. The van der Waals surface area contributed by atoms with Crippen LogP contribution in [0.3, 0.4) is 0 Å². The molecule has 2 aliphatic heterocycles. The second-order valence-corrected chi connectivity index (χ2v) is 5.39. The second kappa shape index (κ2) is 6.25. The first-order chi connectivity index (χ1) is 10.3. The first kappa shape index (κ1) is 14.1. The number of pyridine rings is 1. The molecule has 1 aromatic rings. The lowest BCUT2D eigenvalue weighted by atomic mass is 9.95. The Kier molecular flexibility index (Phi) is 4.18. The summed E-state index contributed by atoms with van der Waals surface area (Å²) in [6.07, 6.45) is 7.04. The lowest BCUT2D eigenvalue weighted by molar-refractivity contribution is 0.0840. The van der Waals surface area contributed by atoms with Gasteiger partial charge in [0.15, 0.2) is 0 Å². The van der Waals surface area contributed by atoms with Gasteiger partial charge in [0, 0.05) is 18.8 Å². The maximum Gasteiger partial charge on any atom is 0.252 e. The van der Waals surface area contributed by atoms with E-state index in [1.807, 2.05) is 0 Å². The molecule has 2 fully saturated rings. The van der Waals surface area contributed by atoms with Gasteiger partial charge in [0.1, 0.15) is 0 Å². The van der Waals surface area contributed by atoms with Crippen LogP contribution in [0, 0.1) is 11.8 Å². The summed E-state index contributed by atoms with van der Waals surface area (Å²) in [5, 5.41) is 11.8. The third-order valence-corrected chi connectivity index (χ3v) is 3.95. The number of carbonyl (C=O) groups is 1. The molecule has 2 bridgehead atoms. The van der Waals surface area contributed by atoms with Crippen molar-refractivity contribution >= 4 is 5.91 Å². The van der Waals surface area contributed by atoms with E-state index >= 15 is 0 Å². The van der Waals surface area contributed by atoms with Crippen molar-refractivity contribution in [1.82, 2.24) is 10.3 Å². The van der Waals surface area contributed by atoms with Gasteiger partial charge in [-0.1, -0.05) is 11.8 Å². The number of rotatable bonds is 3. The van der Waals surface area contributed by atoms with E-state index < -0.39 is 0 Å². The van der Waals surface area contributed by atoms with E-state index in [4.69, 9.17) is 9.84 Å². The summed E-state index contributed by atoms with van der Waals surface area (Å²) in [6.45, 7) is 0.0112. The Morgan fingerprint density at radius 1 is 1.52 bits per heavy atom. The van der Waals surface area contributed by atoms with Crippen molar-refractivity contribution in [2.24, 2.45) is 0 Å². The van der Waals surface area contributed by atoms with Crippen molar-refractivity contribution in [3.8, 4) is 11.8 Å². The van der Waals surface area contributed by atoms with E-state index in [1.54, 1.807) is 18.5 Å². The van der Waals surface area contributed by atoms with Crippen LogP contribution in [0.4, 0.5) is 0 Å². The zero-order valence-electron chi connectivity index (χ0n) is 11.7. The van der Waals surface area contributed by atoms with Crippen molar-refractivity contribution in [1.29, 1.82) is 0 Å². The van der Waals surface area contributed by atoms with Crippen LogP contribution in [0.5, 0.6) is 0 Å². The predicted octanol–water partition coefficient (Wildman–Crippen LogP) is 0.865. The molecule has 1 amide bonds. The summed E-state index contributed by atoms with van der Waals surface area (Å²) in [4.78, 5) is 16.4. The molecule has 3 unspecified atom stereocenters. The van der Waals surface area contributed by atoms with Crippen molar-refractivity contribution in [3.05, 3.63) is 29.6 Å². The van der Waals surface area contributed by atoms with Gasteiger partial charge in [0.2, 0.25) is 0 Å². The molecule has 2 aliphatic rings. The maximum absolute atomic E-state index is 12.4. The van der Waals surface area contributed by atoms with Crippen LogP contribution in [-0.2, 0) is 4.74 Å². The van der Waals surface area contributed by atoms with Gasteiger partial charge in [-0.05, 0) is 25.3 Å². The average Bonchev–Trinajstić information content (AvgIpc) is 3.10. The minimum Gasteiger partial charge on any atom is -0.395 e. The van der Waals surface area contributed by atoms with Gasteiger partial charge >= 0.3 is 0 Å². The highest BCUT2D eigenvalue weighted by molar-refractivity contribution is 5.96. The van der Waals surface area contributed by atoms with Gasteiger partial charge in [-0.15, -0.1) is 0 Å². The number of ether oxygens (including phenoxy) is 1. The number of fused-ring (bicyclic) bond motifs is 2. The van der Waals surface area contributed by atoms with Crippen LogP contribution in [0.2, 0.25) is 0 Å². The van der Waals surface area contributed by atoms with E-state index in [1.165, 1.54) is 0 Å². The Morgan fingerprint density at radius 3 is 3.14 bits per heavy atom. The minimum atomic E-state index is -0.133. The van der Waals surface area contributed by atoms with Crippen molar-refractivity contribution in [2.45, 2.75) is 43.9 Å². The number of carbonyl (C=O) groups excluding carboxylic acids is 1. The lowest BCUT2D eigenvalue weighted by Crippen LogP contribution is -2.41. The summed E-state index contributed by atoms with van der Waals surface area (Å²) in [7, 11) is 0. The Morgan fingerprint density at radius 2 is 2.43 bits per heavy atom. The first-order valence-corrected chi connectivity index (χ1v) is 7.28. The molecule has 0 radical (unpaired) electrons. The Labute approximate surface area is 123 Å². The van der Waals surface area contributed by atoms with Crippen LogP contribution >= 0.6 is 0 Å². The summed E-state index contributed by atoms with van der Waals surface area (Å²) >= 11 is 0. The van der Waals surface area contributed by atoms with E-state index in [0.29, 0.717) is 23.7 Å². The molecular formula is C16H18N2O3. The summed E-state index contributed by atoms with van der Waals surface area (Å²) < 4.78 is 5.75. The molecule has 0 spiro atoms. The topological polar surface area (TPSA) is 71.5 Å². The third kappa shape index (κ3) is 3.07. The molecule has 0 aliphatic carbocycles. The summed E-state index contributed by atoms with van der Waals surface area (Å²) in [6, 6.07) is 1.77. The molecular weight excluding hydrogens is 268 g/mol. The highest BCUT2D eigenvalue weighted by Gasteiger charge is 2.41. The molecule has 0 saturated carbocycles. The fraction of sp³-hybridized carbons (Fsp3) is 0.500. The Bertz CT molecular complexity index is 591.